The normalized spacial score (nSPS) is 46.4. The van der Waals surface area contributed by atoms with Crippen molar-refractivity contribution in [3.05, 3.63) is 24.8 Å². The Morgan fingerprint density at radius 2 is 1.90 bits per heavy atom. The Bertz CT molecular complexity index is 744. The van der Waals surface area contributed by atoms with Crippen molar-refractivity contribution in [3.8, 4) is 0 Å². The lowest BCUT2D eigenvalue weighted by atomic mass is 9.44. The van der Waals surface area contributed by atoms with Gasteiger partial charge in [0.1, 0.15) is 18.0 Å². The number of fused-ring (bicyclic) bond motifs is 5. The number of rotatable bonds is 3. The van der Waals surface area contributed by atoms with E-state index in [4.69, 9.17) is 0 Å². The van der Waals surface area contributed by atoms with E-state index in [1.165, 1.54) is 0 Å². The lowest BCUT2D eigenvalue weighted by molar-refractivity contribution is -0.180. The highest BCUT2D eigenvalue weighted by atomic mass is 16.3. The molecule has 4 aliphatic carbocycles. The van der Waals surface area contributed by atoms with Crippen molar-refractivity contribution in [1.29, 1.82) is 0 Å². The van der Waals surface area contributed by atoms with Crippen molar-refractivity contribution in [1.82, 2.24) is 0 Å². The van der Waals surface area contributed by atoms with Gasteiger partial charge < -0.3 is 15.3 Å². The average molecular weight is 433 g/mol. The molecule has 0 aromatic carbocycles. The molecule has 31 heavy (non-hydrogen) atoms. The van der Waals surface area contributed by atoms with Gasteiger partial charge in [0, 0.05) is 17.8 Å². The highest BCUT2D eigenvalue weighted by molar-refractivity contribution is 5.92. The molecule has 4 rings (SSSR count). The number of carbonyl (C=O) groups is 2. The van der Waals surface area contributed by atoms with Crippen molar-refractivity contribution >= 4 is 11.6 Å². The van der Waals surface area contributed by atoms with Crippen LogP contribution >= 0.6 is 0 Å². The summed E-state index contributed by atoms with van der Waals surface area (Å²) in [6.45, 7) is 8.89. The third-order valence-electron chi connectivity index (χ3n) is 9.41. The second kappa shape index (κ2) is 8.92. The third kappa shape index (κ3) is 3.77. The van der Waals surface area contributed by atoms with Crippen LogP contribution in [0.1, 0.15) is 72.1 Å². The number of aliphatic hydroxyl groups is 3. The molecule has 5 heteroatoms. The maximum atomic E-state index is 13.4. The van der Waals surface area contributed by atoms with E-state index in [-0.39, 0.29) is 41.5 Å². The minimum Gasteiger partial charge on any atom is -0.393 e. The summed E-state index contributed by atoms with van der Waals surface area (Å²) in [6.07, 6.45) is 11.1. The predicted molar refractivity (Wildman–Crippen MR) is 120 cm³/mol. The van der Waals surface area contributed by atoms with Crippen LogP contribution in [0.25, 0.3) is 0 Å². The number of carbonyl (C=O) groups excluding carboxylic acids is 2. The van der Waals surface area contributed by atoms with E-state index in [9.17, 15) is 24.9 Å². The van der Waals surface area contributed by atoms with Gasteiger partial charge in [-0.25, -0.2) is 0 Å². The number of allylic oxidation sites excluding steroid dienone is 3. The molecule has 0 spiro atoms. The van der Waals surface area contributed by atoms with Gasteiger partial charge in [-0.3, -0.25) is 9.59 Å². The fourth-order valence-electron chi connectivity index (χ4n) is 7.78. The fraction of sp³-hybridized carbons (Fsp3) is 0.769. The van der Waals surface area contributed by atoms with Crippen LogP contribution in [0.5, 0.6) is 0 Å². The van der Waals surface area contributed by atoms with Gasteiger partial charge >= 0.3 is 0 Å². The molecule has 4 fully saturated rings. The van der Waals surface area contributed by atoms with Crippen molar-refractivity contribution < 1.29 is 24.9 Å². The summed E-state index contributed by atoms with van der Waals surface area (Å²) >= 11 is 0. The topological polar surface area (TPSA) is 94.8 Å². The second-order valence-corrected chi connectivity index (χ2v) is 10.8. The Hall–Kier alpha value is -1.30. The quantitative estimate of drug-likeness (QED) is 0.592. The largest absolute Gasteiger partial charge is 0.393 e. The zero-order chi connectivity index (χ0) is 23.0. The average Bonchev–Trinajstić information content (AvgIpc) is 3.00. The summed E-state index contributed by atoms with van der Waals surface area (Å²) in [7, 11) is 0. The van der Waals surface area contributed by atoms with Crippen LogP contribution in [0.4, 0.5) is 0 Å². The van der Waals surface area contributed by atoms with Crippen LogP contribution in [0.15, 0.2) is 24.8 Å². The minimum absolute atomic E-state index is 0.0154. The van der Waals surface area contributed by atoms with Gasteiger partial charge in [-0.05, 0) is 75.0 Å². The fourth-order valence-corrected chi connectivity index (χ4v) is 7.78. The standard InChI is InChI=1S/C21H32O5.C5H8/c1-19-7-5-13(23)9-12(19)3-4-14-15-6-8-21(26,17(25)11-22)20(15,2)10-16(24)18(14)19;1-3-5-4-2/h12-15,18,22-23,26H,3-11H2,1-2H3;3-5H,1H2,2H3/b;5-4+/t12-,13-,14+,15+,18-,19+,20+,21+;/m1./s1. The van der Waals surface area contributed by atoms with Crippen LogP contribution < -0.4 is 0 Å². The van der Waals surface area contributed by atoms with Gasteiger partial charge in [0.25, 0.3) is 0 Å². The zero-order valence-electron chi connectivity index (χ0n) is 19.3. The predicted octanol–water partition coefficient (Wildman–Crippen LogP) is 3.61. The van der Waals surface area contributed by atoms with Crippen LogP contribution in [0, 0.1) is 34.5 Å². The molecule has 3 N–H and O–H groups in total. The van der Waals surface area contributed by atoms with E-state index in [0.29, 0.717) is 12.3 Å². The van der Waals surface area contributed by atoms with E-state index in [0.717, 1.165) is 38.5 Å². The number of ketones is 2. The molecule has 0 aromatic rings. The molecule has 5 nitrogen and oxygen atoms in total. The van der Waals surface area contributed by atoms with Crippen molar-refractivity contribution in [3.63, 3.8) is 0 Å². The molecule has 174 valence electrons. The molecule has 0 unspecified atom stereocenters. The number of hydrogen-bond donors (Lipinski definition) is 3. The van der Waals surface area contributed by atoms with Gasteiger partial charge in [-0.1, -0.05) is 38.7 Å². The summed E-state index contributed by atoms with van der Waals surface area (Å²) < 4.78 is 0. The SMILES string of the molecule is C=C/C=C/C.C[C@]12CC[C@@H](O)C[C@H]1CC[C@@H]1[C@@H]2C(=O)C[C@@]2(C)[C@H]1CC[C@]2(O)C(=O)CO. The highest BCUT2D eigenvalue weighted by Crippen LogP contribution is 2.67. The number of hydrogen-bond acceptors (Lipinski definition) is 5. The smallest absolute Gasteiger partial charge is 0.190 e. The van der Waals surface area contributed by atoms with Crippen LogP contribution in [0.3, 0.4) is 0 Å². The van der Waals surface area contributed by atoms with E-state index < -0.39 is 23.4 Å². The van der Waals surface area contributed by atoms with E-state index in [2.05, 4.69) is 13.5 Å². The summed E-state index contributed by atoms with van der Waals surface area (Å²) in [5, 5.41) is 30.6. The molecule has 0 aliphatic heterocycles. The number of aliphatic hydroxyl groups excluding tert-OH is 2. The van der Waals surface area contributed by atoms with E-state index in [1.54, 1.807) is 6.08 Å². The Labute approximate surface area is 186 Å². The van der Waals surface area contributed by atoms with Gasteiger partial charge in [-0.15, -0.1) is 0 Å². The van der Waals surface area contributed by atoms with Crippen molar-refractivity contribution in [2.75, 3.05) is 6.61 Å². The molecular weight excluding hydrogens is 392 g/mol. The first-order valence-corrected chi connectivity index (χ1v) is 11.9. The van der Waals surface area contributed by atoms with Gasteiger partial charge in [0.2, 0.25) is 0 Å². The first kappa shape index (κ1) is 24.3. The van der Waals surface area contributed by atoms with Gasteiger partial charge in [0.05, 0.1) is 6.10 Å². The molecule has 4 saturated carbocycles. The molecular formula is C26H40O5. The molecule has 0 aromatic heterocycles. The lowest BCUT2D eigenvalue weighted by Crippen LogP contribution is -2.62. The Morgan fingerprint density at radius 3 is 2.48 bits per heavy atom. The maximum Gasteiger partial charge on any atom is 0.190 e. The van der Waals surface area contributed by atoms with Gasteiger partial charge in [-0.2, -0.15) is 0 Å². The molecule has 0 bridgehead atoms. The second-order valence-electron chi connectivity index (χ2n) is 10.8. The lowest BCUT2D eigenvalue weighted by Gasteiger charge is -2.60. The molecule has 0 heterocycles. The van der Waals surface area contributed by atoms with Crippen molar-refractivity contribution in [2.24, 2.45) is 34.5 Å². The first-order valence-electron chi connectivity index (χ1n) is 11.9. The maximum absolute atomic E-state index is 13.4. The van der Waals surface area contributed by atoms with E-state index in [1.807, 2.05) is 26.0 Å². The Balaban J connectivity index is 0.000000491. The van der Waals surface area contributed by atoms with E-state index >= 15 is 0 Å². The summed E-state index contributed by atoms with van der Waals surface area (Å²) in [4.78, 5) is 25.7. The summed E-state index contributed by atoms with van der Waals surface area (Å²) in [5.74, 6) is 0.380. The van der Waals surface area contributed by atoms with Crippen molar-refractivity contribution in [2.45, 2.75) is 83.8 Å². The monoisotopic (exact) mass is 432 g/mol. The molecule has 0 saturated heterocycles. The van der Waals surface area contributed by atoms with Gasteiger partial charge in [0.15, 0.2) is 5.78 Å². The summed E-state index contributed by atoms with van der Waals surface area (Å²) in [6, 6.07) is 0. The first-order chi connectivity index (χ1) is 14.6. The van der Waals surface area contributed by atoms with Crippen LogP contribution in [-0.4, -0.2) is 45.2 Å². The Morgan fingerprint density at radius 1 is 1.19 bits per heavy atom. The van der Waals surface area contributed by atoms with Crippen LogP contribution in [-0.2, 0) is 9.59 Å². The van der Waals surface area contributed by atoms with Crippen LogP contribution in [0.2, 0.25) is 0 Å². The molecule has 8 atom stereocenters. The molecule has 4 aliphatic rings. The Kier molecular flexibility index (Phi) is 7.00. The minimum atomic E-state index is -1.58. The molecule has 0 amide bonds. The highest BCUT2D eigenvalue weighted by Gasteiger charge is 2.68. The molecule has 0 radical (unpaired) electrons. The zero-order valence-corrected chi connectivity index (χ0v) is 19.3. The summed E-state index contributed by atoms with van der Waals surface area (Å²) in [5.41, 5.74) is -2.40. The third-order valence-corrected chi connectivity index (χ3v) is 9.41. The number of Topliss-reactive ketones (excluding diaryl/α,β-unsaturated/α-hetero) is 2.